The number of pyridine rings is 1. The van der Waals surface area contributed by atoms with Gasteiger partial charge in [0.2, 0.25) is 5.13 Å². The zero-order valence-corrected chi connectivity index (χ0v) is 20.4. The Bertz CT molecular complexity index is 1230. The molecule has 12 heteroatoms. The lowest BCUT2D eigenvalue weighted by Crippen LogP contribution is -2.48. The van der Waals surface area contributed by atoms with E-state index in [-0.39, 0.29) is 16.5 Å². The second-order valence-electron chi connectivity index (χ2n) is 8.31. The maximum Gasteiger partial charge on any atom is 0.256 e. The fraction of sp³-hybridized carbons (Fsp3) is 0.304. The van der Waals surface area contributed by atoms with Gasteiger partial charge in [-0.25, -0.2) is 14.4 Å². The summed E-state index contributed by atoms with van der Waals surface area (Å²) in [7, 11) is 0. The minimum Gasteiger partial charge on any atom is -0.384 e. The van der Waals surface area contributed by atoms with E-state index in [0.717, 1.165) is 16.4 Å². The monoisotopic (exact) mass is 514 g/mol. The van der Waals surface area contributed by atoms with Crippen molar-refractivity contribution in [3.05, 3.63) is 69.6 Å². The number of hydrogen-bond donors (Lipinski definition) is 1. The molecular weight excluding hydrogens is 491 g/mol. The quantitative estimate of drug-likeness (QED) is 0.540. The van der Waals surface area contributed by atoms with E-state index in [1.165, 1.54) is 23.5 Å². The van der Waals surface area contributed by atoms with Gasteiger partial charge in [0.15, 0.2) is 5.82 Å². The highest BCUT2D eigenvalue weighted by atomic mass is 35.5. The minimum absolute atomic E-state index is 0.00535. The number of carbonyl (C=O) groups is 1. The molecule has 1 amide bonds. The number of aromatic nitrogens is 2. The van der Waals surface area contributed by atoms with Crippen LogP contribution in [0.4, 0.5) is 15.3 Å². The molecule has 3 aromatic rings. The van der Waals surface area contributed by atoms with Crippen LogP contribution in [0.3, 0.4) is 0 Å². The molecule has 0 atom stereocenters. The molecule has 4 heterocycles. The predicted molar refractivity (Wildman–Crippen MR) is 135 cm³/mol. The number of amides is 1. The molecule has 2 aromatic heterocycles. The van der Waals surface area contributed by atoms with Crippen molar-refractivity contribution < 1.29 is 9.18 Å². The zero-order valence-electron chi connectivity index (χ0n) is 18.8. The van der Waals surface area contributed by atoms with Crippen LogP contribution >= 0.6 is 22.9 Å². The van der Waals surface area contributed by atoms with Crippen LogP contribution in [0.1, 0.15) is 21.6 Å². The first-order valence-electron chi connectivity index (χ1n) is 11.2. The first-order chi connectivity index (χ1) is 17.0. The van der Waals surface area contributed by atoms with Crippen LogP contribution in [0, 0.1) is 5.82 Å². The summed E-state index contributed by atoms with van der Waals surface area (Å²) >= 11 is 7.36. The predicted octanol–water partition coefficient (Wildman–Crippen LogP) is 3.09. The number of piperazine rings is 1. The Balaban J connectivity index is 1.20. The fourth-order valence-electron chi connectivity index (χ4n) is 4.21. The van der Waals surface area contributed by atoms with Crippen molar-refractivity contribution in [3.8, 4) is 0 Å². The zero-order chi connectivity index (χ0) is 24.4. The van der Waals surface area contributed by atoms with E-state index in [1.807, 2.05) is 23.7 Å². The van der Waals surface area contributed by atoms with Gasteiger partial charge in [0.1, 0.15) is 5.82 Å². The van der Waals surface area contributed by atoms with Crippen LogP contribution in [-0.2, 0) is 13.1 Å². The van der Waals surface area contributed by atoms with Gasteiger partial charge in [-0.2, -0.15) is 15.2 Å². The fourth-order valence-corrected chi connectivity index (χ4v) is 5.01. The third-order valence-corrected chi connectivity index (χ3v) is 6.92. The van der Waals surface area contributed by atoms with Crippen LogP contribution in [0.2, 0.25) is 5.02 Å². The highest BCUT2D eigenvalue weighted by molar-refractivity contribution is 7.13. The van der Waals surface area contributed by atoms with E-state index >= 15 is 0 Å². The van der Waals surface area contributed by atoms with E-state index in [1.54, 1.807) is 22.3 Å². The Hall–Kier alpha value is -3.12. The number of nitrogen functional groups attached to an aromatic ring is 1. The summed E-state index contributed by atoms with van der Waals surface area (Å²) in [5.74, 6) is -0.551. The number of nitrogens with zero attached hydrogens (tertiary/aromatic N) is 7. The average Bonchev–Trinajstić information content (AvgIpc) is 3.53. The summed E-state index contributed by atoms with van der Waals surface area (Å²) in [6.45, 7) is 4.20. The molecular formula is C23H24ClFN8OS. The number of hydrogen-bond acceptors (Lipinski definition) is 9. The smallest absolute Gasteiger partial charge is 0.256 e. The summed E-state index contributed by atoms with van der Waals surface area (Å²) in [6, 6.07) is 8.41. The van der Waals surface area contributed by atoms with Crippen molar-refractivity contribution in [2.75, 3.05) is 43.6 Å². The Morgan fingerprint density at radius 1 is 1.17 bits per heavy atom. The van der Waals surface area contributed by atoms with Crippen molar-refractivity contribution in [2.24, 2.45) is 5.10 Å². The highest BCUT2D eigenvalue weighted by Crippen LogP contribution is 2.24. The third-order valence-electron chi connectivity index (χ3n) is 5.89. The SMILES string of the molecule is Nc1cc(CN2CC=NN2c2nccs2)cc(CN2CCN(C(=O)c3cccc(Cl)c3F)CC2)n1. The number of hydrazine groups is 1. The summed E-state index contributed by atoms with van der Waals surface area (Å²) in [6.07, 6.45) is 3.61. The number of benzene rings is 1. The molecule has 5 rings (SSSR count). The number of thiazole rings is 1. The van der Waals surface area contributed by atoms with E-state index in [2.05, 4.69) is 25.0 Å². The standard InChI is InChI=1S/C23H24ClFN8OS/c24-19-3-1-2-18(21(19)25)22(34)31-9-7-30(8-10-31)15-17-12-16(13-20(26)29-17)14-32-6-4-28-33(32)23-27-5-11-35-23/h1-5,11-13H,6-10,14-15H2,(H2,26,29). The number of anilines is 2. The molecule has 9 nitrogen and oxygen atoms in total. The molecule has 0 unspecified atom stereocenters. The molecule has 35 heavy (non-hydrogen) atoms. The number of halogens is 2. The van der Waals surface area contributed by atoms with Crippen LogP contribution in [0.15, 0.2) is 47.0 Å². The Kier molecular flexibility index (Phi) is 6.91. The topological polar surface area (TPSA) is 94.2 Å². The second kappa shape index (κ2) is 10.2. The molecule has 1 fully saturated rings. The van der Waals surface area contributed by atoms with Gasteiger partial charge in [0, 0.05) is 57.1 Å². The van der Waals surface area contributed by atoms with Gasteiger partial charge in [-0.05, 0) is 29.8 Å². The summed E-state index contributed by atoms with van der Waals surface area (Å²) < 4.78 is 14.3. The lowest BCUT2D eigenvalue weighted by molar-refractivity contribution is 0.0622. The lowest BCUT2D eigenvalue weighted by atomic mass is 10.1. The van der Waals surface area contributed by atoms with Gasteiger partial charge in [0.05, 0.1) is 22.8 Å². The van der Waals surface area contributed by atoms with Crippen LogP contribution in [0.25, 0.3) is 0 Å². The van der Waals surface area contributed by atoms with Crippen LogP contribution in [0.5, 0.6) is 0 Å². The van der Waals surface area contributed by atoms with Gasteiger partial charge >= 0.3 is 0 Å². The molecule has 1 saturated heterocycles. The number of hydrazone groups is 1. The van der Waals surface area contributed by atoms with Gasteiger partial charge in [-0.1, -0.05) is 17.7 Å². The number of nitrogens with two attached hydrogens (primary N) is 1. The van der Waals surface area contributed by atoms with Crippen molar-refractivity contribution in [2.45, 2.75) is 13.1 Å². The van der Waals surface area contributed by atoms with E-state index < -0.39 is 5.82 Å². The molecule has 0 spiro atoms. The van der Waals surface area contributed by atoms with Crippen molar-refractivity contribution >= 4 is 46.0 Å². The van der Waals surface area contributed by atoms with Crippen LogP contribution in [-0.4, -0.2) is 69.6 Å². The summed E-state index contributed by atoms with van der Waals surface area (Å²) in [5, 5.41) is 11.0. The molecule has 0 radical (unpaired) electrons. The lowest BCUT2D eigenvalue weighted by Gasteiger charge is -2.34. The molecule has 0 aliphatic carbocycles. The van der Waals surface area contributed by atoms with Gasteiger partial charge < -0.3 is 10.6 Å². The Labute approximate surface area is 211 Å². The third kappa shape index (κ3) is 5.27. The number of carbonyl (C=O) groups excluding carboxylic acids is 1. The molecule has 2 aliphatic heterocycles. The second-order valence-corrected chi connectivity index (χ2v) is 9.59. The van der Waals surface area contributed by atoms with Crippen molar-refractivity contribution in [1.29, 1.82) is 0 Å². The maximum absolute atomic E-state index is 14.3. The Morgan fingerprint density at radius 3 is 2.77 bits per heavy atom. The summed E-state index contributed by atoms with van der Waals surface area (Å²) in [5.41, 5.74) is 8.02. The van der Waals surface area contributed by atoms with Gasteiger partial charge in [-0.15, -0.1) is 11.3 Å². The van der Waals surface area contributed by atoms with Crippen molar-refractivity contribution in [3.63, 3.8) is 0 Å². The first-order valence-corrected chi connectivity index (χ1v) is 12.4. The Morgan fingerprint density at radius 2 is 2.00 bits per heavy atom. The number of rotatable bonds is 6. The average molecular weight is 515 g/mol. The minimum atomic E-state index is -0.671. The van der Waals surface area contributed by atoms with Crippen LogP contribution < -0.4 is 10.9 Å². The maximum atomic E-state index is 14.3. The molecule has 182 valence electrons. The van der Waals surface area contributed by atoms with E-state index in [9.17, 15) is 9.18 Å². The van der Waals surface area contributed by atoms with E-state index in [0.29, 0.717) is 51.6 Å². The molecule has 0 saturated carbocycles. The normalized spacial score (nSPS) is 16.9. The van der Waals surface area contributed by atoms with E-state index in [4.69, 9.17) is 17.3 Å². The van der Waals surface area contributed by atoms with Crippen molar-refractivity contribution in [1.82, 2.24) is 24.8 Å². The molecule has 1 aromatic carbocycles. The highest BCUT2D eigenvalue weighted by Gasteiger charge is 2.26. The summed E-state index contributed by atoms with van der Waals surface area (Å²) in [4.78, 5) is 25.5. The largest absolute Gasteiger partial charge is 0.384 e. The molecule has 2 N–H and O–H groups in total. The molecule has 0 bridgehead atoms. The first kappa shape index (κ1) is 23.6. The van der Waals surface area contributed by atoms with Gasteiger partial charge in [-0.3, -0.25) is 9.69 Å². The molecule has 2 aliphatic rings. The van der Waals surface area contributed by atoms with Gasteiger partial charge in [0.25, 0.3) is 5.91 Å².